The Labute approximate surface area is 281 Å². The molecule has 0 unspecified atom stereocenters. The molecule has 10 nitrogen and oxygen atoms in total. The number of hydrogen-bond acceptors (Lipinski definition) is 8. The minimum absolute atomic E-state index is 0.0630. The number of rotatable bonds is 16. The molecule has 252 valence electrons. The smallest absolute Gasteiger partial charge is 0.407 e. The van der Waals surface area contributed by atoms with Crippen LogP contribution in [0.2, 0.25) is 0 Å². The van der Waals surface area contributed by atoms with Crippen LogP contribution in [0.4, 0.5) is 4.79 Å². The molecule has 0 saturated heterocycles. The predicted octanol–water partition coefficient (Wildman–Crippen LogP) is 6.47. The Morgan fingerprint density at radius 1 is 0.583 bits per heavy atom. The number of benzene rings is 4. The molecule has 0 fully saturated rings. The zero-order valence-corrected chi connectivity index (χ0v) is 27.5. The Kier molecular flexibility index (Phi) is 13.4. The molecule has 0 saturated carbocycles. The van der Waals surface area contributed by atoms with Gasteiger partial charge in [-0.05, 0) is 49.6 Å². The van der Waals surface area contributed by atoms with Crippen LogP contribution in [0.3, 0.4) is 0 Å². The SMILES string of the molecule is CC(C)(C)OC(=O)NCCOCCNC(=O)c1ccc(C(=O)OCc2ccccc2)c(OCc2ccccc2)c1OCc1ccccc1. The summed E-state index contributed by atoms with van der Waals surface area (Å²) in [7, 11) is 0. The average molecular weight is 655 g/mol. The van der Waals surface area contributed by atoms with Crippen molar-refractivity contribution in [2.45, 2.75) is 46.2 Å². The average Bonchev–Trinajstić information content (AvgIpc) is 3.08. The maximum Gasteiger partial charge on any atom is 0.407 e. The Morgan fingerprint density at radius 2 is 1.04 bits per heavy atom. The summed E-state index contributed by atoms with van der Waals surface area (Å²) < 4.78 is 28.9. The van der Waals surface area contributed by atoms with Gasteiger partial charge in [0.25, 0.3) is 5.91 Å². The van der Waals surface area contributed by atoms with Crippen LogP contribution in [-0.2, 0) is 34.0 Å². The van der Waals surface area contributed by atoms with E-state index in [2.05, 4.69) is 10.6 Å². The summed E-state index contributed by atoms with van der Waals surface area (Å²) in [6.07, 6.45) is -0.528. The van der Waals surface area contributed by atoms with Crippen molar-refractivity contribution < 1.29 is 38.1 Å². The maximum atomic E-state index is 13.5. The molecule has 0 aliphatic heterocycles. The van der Waals surface area contributed by atoms with Gasteiger partial charge in [0.15, 0.2) is 11.5 Å². The fraction of sp³-hybridized carbons (Fsp3) is 0.289. The summed E-state index contributed by atoms with van der Waals surface area (Å²) in [4.78, 5) is 38.8. The van der Waals surface area contributed by atoms with Gasteiger partial charge in [0, 0.05) is 13.1 Å². The summed E-state index contributed by atoms with van der Waals surface area (Å²) in [5, 5.41) is 5.46. The van der Waals surface area contributed by atoms with Crippen molar-refractivity contribution in [3.05, 3.63) is 131 Å². The van der Waals surface area contributed by atoms with Gasteiger partial charge in [-0.3, -0.25) is 4.79 Å². The van der Waals surface area contributed by atoms with Crippen LogP contribution in [0.25, 0.3) is 0 Å². The van der Waals surface area contributed by atoms with Gasteiger partial charge in [0.05, 0.1) is 18.8 Å². The van der Waals surface area contributed by atoms with Crippen molar-refractivity contribution in [3.8, 4) is 11.5 Å². The van der Waals surface area contributed by atoms with E-state index in [1.54, 1.807) is 20.8 Å². The summed E-state index contributed by atoms with van der Waals surface area (Å²) in [6, 6.07) is 31.3. The molecule has 0 aliphatic carbocycles. The van der Waals surface area contributed by atoms with Gasteiger partial charge in [-0.2, -0.15) is 0 Å². The van der Waals surface area contributed by atoms with Crippen LogP contribution >= 0.6 is 0 Å². The highest BCUT2D eigenvalue weighted by Gasteiger charge is 2.26. The molecule has 0 heterocycles. The third kappa shape index (κ3) is 11.8. The van der Waals surface area contributed by atoms with E-state index in [9.17, 15) is 14.4 Å². The number of carbonyl (C=O) groups excluding carboxylic acids is 3. The number of hydrogen-bond donors (Lipinski definition) is 2. The van der Waals surface area contributed by atoms with Crippen LogP contribution in [0.15, 0.2) is 103 Å². The van der Waals surface area contributed by atoms with Gasteiger partial charge in [-0.1, -0.05) is 91.0 Å². The zero-order valence-electron chi connectivity index (χ0n) is 27.5. The molecule has 2 N–H and O–H groups in total. The molecule has 0 radical (unpaired) electrons. The molecular formula is C38H42N2O8. The van der Waals surface area contributed by atoms with Gasteiger partial charge < -0.3 is 34.3 Å². The molecule has 10 heteroatoms. The Morgan fingerprint density at radius 3 is 1.56 bits per heavy atom. The molecule has 0 bridgehead atoms. The molecule has 0 aliphatic rings. The van der Waals surface area contributed by atoms with E-state index in [0.717, 1.165) is 16.7 Å². The lowest BCUT2D eigenvalue weighted by Crippen LogP contribution is -2.34. The van der Waals surface area contributed by atoms with Crippen LogP contribution in [0.1, 0.15) is 58.2 Å². The summed E-state index contributed by atoms with van der Waals surface area (Å²) in [5.41, 5.74) is 2.28. The number of carbonyl (C=O) groups is 3. The molecule has 0 spiro atoms. The van der Waals surface area contributed by atoms with Crippen LogP contribution in [-0.4, -0.2) is 49.9 Å². The second-order valence-corrected chi connectivity index (χ2v) is 11.7. The topological polar surface area (TPSA) is 121 Å². The van der Waals surface area contributed by atoms with E-state index in [4.69, 9.17) is 23.7 Å². The fourth-order valence-corrected chi connectivity index (χ4v) is 4.42. The lowest BCUT2D eigenvalue weighted by molar-refractivity contribution is 0.0463. The van der Waals surface area contributed by atoms with E-state index in [1.807, 2.05) is 91.0 Å². The molecule has 4 aromatic carbocycles. The number of ether oxygens (including phenoxy) is 5. The molecule has 4 rings (SSSR count). The van der Waals surface area contributed by atoms with Crippen molar-refractivity contribution in [2.24, 2.45) is 0 Å². The first-order valence-corrected chi connectivity index (χ1v) is 15.7. The second-order valence-electron chi connectivity index (χ2n) is 11.7. The van der Waals surface area contributed by atoms with E-state index in [-0.39, 0.29) is 68.7 Å². The van der Waals surface area contributed by atoms with E-state index < -0.39 is 23.6 Å². The van der Waals surface area contributed by atoms with Gasteiger partial charge >= 0.3 is 12.1 Å². The second kappa shape index (κ2) is 18.1. The molecular weight excluding hydrogens is 612 g/mol. The first kappa shape index (κ1) is 35.5. The summed E-state index contributed by atoms with van der Waals surface area (Å²) in [5.74, 6) is -0.844. The zero-order chi connectivity index (χ0) is 34.2. The predicted molar refractivity (Wildman–Crippen MR) is 181 cm³/mol. The lowest BCUT2D eigenvalue weighted by atomic mass is 10.1. The third-order valence-corrected chi connectivity index (χ3v) is 6.69. The first-order valence-electron chi connectivity index (χ1n) is 15.7. The minimum Gasteiger partial charge on any atom is -0.484 e. The Hall–Kier alpha value is -5.35. The first-order chi connectivity index (χ1) is 23.2. The van der Waals surface area contributed by atoms with E-state index in [0.29, 0.717) is 0 Å². The lowest BCUT2D eigenvalue weighted by Gasteiger charge is -2.20. The quantitative estimate of drug-likeness (QED) is 0.104. The van der Waals surface area contributed by atoms with Crippen molar-refractivity contribution in [1.29, 1.82) is 0 Å². The number of nitrogens with one attached hydrogen (secondary N) is 2. The fourth-order valence-electron chi connectivity index (χ4n) is 4.42. The molecule has 0 atom stereocenters. The molecule has 2 amide bonds. The normalized spacial score (nSPS) is 10.9. The van der Waals surface area contributed by atoms with Gasteiger partial charge in [-0.15, -0.1) is 0 Å². The number of alkyl carbamates (subject to hydrolysis) is 1. The standard InChI is InChI=1S/C38H42N2O8/c1-38(2,3)48-37(43)40-22-24-44-23-21-39-35(41)31-19-20-32(36(42)47-27-30-17-11-6-12-18-30)34(46-26-29-15-9-5-10-16-29)33(31)45-25-28-13-7-4-8-14-28/h4-20H,21-27H2,1-3H3,(H,39,41)(H,40,43). The van der Waals surface area contributed by atoms with Crippen molar-refractivity contribution in [3.63, 3.8) is 0 Å². The minimum atomic E-state index is -0.619. The van der Waals surface area contributed by atoms with E-state index in [1.165, 1.54) is 12.1 Å². The van der Waals surface area contributed by atoms with Gasteiger partial charge in [0.1, 0.15) is 31.0 Å². The number of esters is 1. The Bertz CT molecular complexity index is 1610. The Balaban J connectivity index is 1.50. The van der Waals surface area contributed by atoms with Crippen LogP contribution in [0, 0.1) is 0 Å². The van der Waals surface area contributed by atoms with Crippen molar-refractivity contribution in [2.75, 3.05) is 26.3 Å². The maximum absolute atomic E-state index is 13.5. The third-order valence-electron chi connectivity index (χ3n) is 6.69. The molecule has 4 aromatic rings. The van der Waals surface area contributed by atoms with Crippen LogP contribution in [0.5, 0.6) is 11.5 Å². The highest BCUT2D eigenvalue weighted by Crippen LogP contribution is 2.37. The monoisotopic (exact) mass is 654 g/mol. The van der Waals surface area contributed by atoms with Crippen LogP contribution < -0.4 is 20.1 Å². The summed E-state index contributed by atoms with van der Waals surface area (Å²) in [6.45, 7) is 6.54. The van der Waals surface area contributed by atoms with Crippen molar-refractivity contribution in [1.82, 2.24) is 10.6 Å². The largest absolute Gasteiger partial charge is 0.484 e. The highest BCUT2D eigenvalue weighted by atomic mass is 16.6. The number of amides is 2. The van der Waals surface area contributed by atoms with Gasteiger partial charge in [0.2, 0.25) is 0 Å². The molecule has 0 aromatic heterocycles. The highest BCUT2D eigenvalue weighted by molar-refractivity contribution is 6.01. The molecule has 48 heavy (non-hydrogen) atoms. The summed E-state index contributed by atoms with van der Waals surface area (Å²) >= 11 is 0. The van der Waals surface area contributed by atoms with E-state index >= 15 is 0 Å². The van der Waals surface area contributed by atoms with Crippen molar-refractivity contribution >= 4 is 18.0 Å². The van der Waals surface area contributed by atoms with Gasteiger partial charge in [-0.25, -0.2) is 9.59 Å².